The molecule has 0 saturated carbocycles. The molecule has 0 spiro atoms. The van der Waals surface area contributed by atoms with Gasteiger partial charge in [0.1, 0.15) is 17.3 Å². The van der Waals surface area contributed by atoms with Crippen molar-refractivity contribution in [3.05, 3.63) is 53.1 Å². The molecule has 2 unspecified atom stereocenters. The van der Waals surface area contributed by atoms with Crippen molar-refractivity contribution in [1.82, 2.24) is 4.98 Å². The van der Waals surface area contributed by atoms with E-state index in [1.165, 1.54) is 0 Å². The molecule has 24 heavy (non-hydrogen) atoms. The summed E-state index contributed by atoms with van der Waals surface area (Å²) in [7, 11) is -0.844. The van der Waals surface area contributed by atoms with Gasteiger partial charge in [-0.1, -0.05) is 12.1 Å². The number of hydrogen-bond acceptors (Lipinski definition) is 5. The Morgan fingerprint density at radius 3 is 2.92 bits per heavy atom. The Morgan fingerprint density at radius 1 is 1.38 bits per heavy atom. The smallest absolute Gasteiger partial charge is 0.127 e. The Bertz CT molecular complexity index is 784. The second kappa shape index (κ2) is 6.91. The number of fused-ring (bicyclic) bond motifs is 1. The van der Waals surface area contributed by atoms with Gasteiger partial charge in [-0.05, 0) is 49.6 Å². The van der Waals surface area contributed by atoms with Crippen LogP contribution in [0.2, 0.25) is 0 Å². The first-order valence-corrected chi connectivity index (χ1v) is 9.75. The van der Waals surface area contributed by atoms with E-state index in [0.717, 1.165) is 35.0 Å². The highest BCUT2D eigenvalue weighted by molar-refractivity contribution is 7.84. The first-order chi connectivity index (χ1) is 11.5. The number of hydrogen-bond donors (Lipinski definition) is 2. The Balaban J connectivity index is 1.75. The van der Waals surface area contributed by atoms with Crippen molar-refractivity contribution in [3.63, 3.8) is 0 Å². The summed E-state index contributed by atoms with van der Waals surface area (Å²) in [6.07, 6.45) is 7.20. The van der Waals surface area contributed by atoms with E-state index in [-0.39, 0.29) is 0 Å². The minimum Gasteiger partial charge on any atom is -0.465 e. The van der Waals surface area contributed by atoms with Crippen LogP contribution < -0.4 is 11.1 Å². The van der Waals surface area contributed by atoms with Crippen LogP contribution in [0.5, 0.6) is 0 Å². The van der Waals surface area contributed by atoms with Crippen LogP contribution >= 0.6 is 0 Å². The summed E-state index contributed by atoms with van der Waals surface area (Å²) < 4.78 is 17.0. The molecule has 0 bridgehead atoms. The van der Waals surface area contributed by atoms with Gasteiger partial charge in [0.05, 0.1) is 12.2 Å². The van der Waals surface area contributed by atoms with E-state index in [1.54, 1.807) is 6.26 Å². The van der Waals surface area contributed by atoms with Gasteiger partial charge in [-0.15, -0.1) is 0 Å². The van der Waals surface area contributed by atoms with Crippen LogP contribution in [0.3, 0.4) is 0 Å². The molecule has 5 nitrogen and oxygen atoms in total. The normalized spacial score (nSPS) is 20.6. The molecule has 1 aliphatic carbocycles. The number of pyridine rings is 1. The number of furan rings is 1. The minimum absolute atomic E-state index is 0.487. The van der Waals surface area contributed by atoms with Crippen molar-refractivity contribution < 1.29 is 8.63 Å². The predicted octanol–water partition coefficient (Wildman–Crippen LogP) is 2.93. The molecule has 3 rings (SSSR count). The number of nitrogens with zero attached hydrogens (tertiary/aromatic N) is 1. The Kier molecular flexibility index (Phi) is 4.87. The maximum absolute atomic E-state index is 11.4. The zero-order chi connectivity index (χ0) is 17.2. The van der Waals surface area contributed by atoms with E-state index in [0.29, 0.717) is 18.7 Å². The first kappa shape index (κ1) is 16.9. The van der Waals surface area contributed by atoms with Crippen LogP contribution in [-0.4, -0.2) is 21.2 Å². The van der Waals surface area contributed by atoms with Crippen LogP contribution in [0.25, 0.3) is 6.08 Å². The molecule has 0 saturated heterocycles. The standard InChI is InChI=1S/C18H23N3O2S/c1-13-5-6-14(23-13)12-20-17-8-7-15-16(21-17)4-3-9-18(15,19)10-11-24(2)22/h3-8H,9-12,19H2,1-2H3,(H,20,21). The number of nitrogens with one attached hydrogen (secondary N) is 1. The van der Waals surface area contributed by atoms with Gasteiger partial charge in [-0.25, -0.2) is 4.98 Å². The van der Waals surface area contributed by atoms with Gasteiger partial charge < -0.3 is 15.5 Å². The molecule has 2 heterocycles. The lowest BCUT2D eigenvalue weighted by atomic mass is 9.81. The molecule has 1 aliphatic rings. The molecular weight excluding hydrogens is 322 g/mol. The second-order valence-electron chi connectivity index (χ2n) is 6.29. The van der Waals surface area contributed by atoms with E-state index in [2.05, 4.69) is 10.3 Å². The topological polar surface area (TPSA) is 81.1 Å². The van der Waals surface area contributed by atoms with Gasteiger partial charge in [0.25, 0.3) is 0 Å². The third-order valence-electron chi connectivity index (χ3n) is 4.29. The van der Waals surface area contributed by atoms with Crippen molar-refractivity contribution in [3.8, 4) is 0 Å². The quantitative estimate of drug-likeness (QED) is 0.841. The molecule has 0 aliphatic heterocycles. The van der Waals surface area contributed by atoms with Gasteiger partial charge in [0.2, 0.25) is 0 Å². The lowest BCUT2D eigenvalue weighted by Crippen LogP contribution is -2.39. The van der Waals surface area contributed by atoms with Crippen LogP contribution in [0, 0.1) is 6.92 Å². The van der Waals surface area contributed by atoms with Gasteiger partial charge in [-0.2, -0.15) is 0 Å². The van der Waals surface area contributed by atoms with Crippen LogP contribution in [0.4, 0.5) is 5.82 Å². The van der Waals surface area contributed by atoms with E-state index >= 15 is 0 Å². The fourth-order valence-electron chi connectivity index (χ4n) is 2.93. The van der Waals surface area contributed by atoms with Crippen molar-refractivity contribution in [2.45, 2.75) is 31.8 Å². The zero-order valence-electron chi connectivity index (χ0n) is 14.0. The van der Waals surface area contributed by atoms with Gasteiger partial charge in [-0.3, -0.25) is 4.21 Å². The summed E-state index contributed by atoms with van der Waals surface area (Å²) in [4.78, 5) is 4.66. The molecule has 2 aromatic rings. The largest absolute Gasteiger partial charge is 0.465 e. The number of rotatable bonds is 6. The van der Waals surface area contributed by atoms with E-state index in [1.807, 2.05) is 43.3 Å². The summed E-state index contributed by atoms with van der Waals surface area (Å²) in [5.41, 5.74) is 7.99. The van der Waals surface area contributed by atoms with Crippen LogP contribution in [0.1, 0.15) is 35.6 Å². The molecule has 3 N–H and O–H groups in total. The summed E-state index contributed by atoms with van der Waals surface area (Å²) in [6.45, 7) is 2.52. The Labute approximate surface area is 144 Å². The highest BCUT2D eigenvalue weighted by Crippen LogP contribution is 2.34. The van der Waals surface area contributed by atoms with Crippen molar-refractivity contribution in [2.24, 2.45) is 5.73 Å². The molecule has 128 valence electrons. The number of aryl methyl sites for hydroxylation is 1. The molecule has 6 heteroatoms. The summed E-state index contributed by atoms with van der Waals surface area (Å²) in [5, 5.41) is 3.27. The van der Waals surface area contributed by atoms with E-state index in [9.17, 15) is 4.21 Å². The molecule has 0 aromatic carbocycles. The fraction of sp³-hybridized carbons (Fsp3) is 0.389. The fourth-order valence-corrected chi connectivity index (χ4v) is 3.58. The molecular formula is C18H23N3O2S. The maximum atomic E-state index is 11.4. The van der Waals surface area contributed by atoms with Crippen molar-refractivity contribution in [2.75, 3.05) is 17.3 Å². The van der Waals surface area contributed by atoms with E-state index < -0.39 is 16.3 Å². The SMILES string of the molecule is Cc1ccc(CNc2ccc3c(n2)C=CCC3(N)CCS(C)=O)o1. The van der Waals surface area contributed by atoms with Crippen molar-refractivity contribution >= 4 is 22.7 Å². The molecule has 0 amide bonds. The van der Waals surface area contributed by atoms with Crippen LogP contribution in [-0.2, 0) is 22.9 Å². The third kappa shape index (κ3) is 3.76. The lowest BCUT2D eigenvalue weighted by Gasteiger charge is -2.32. The Morgan fingerprint density at radius 2 is 2.21 bits per heavy atom. The molecule has 2 atom stereocenters. The monoisotopic (exact) mass is 345 g/mol. The minimum atomic E-state index is -0.844. The molecule has 0 fully saturated rings. The zero-order valence-corrected chi connectivity index (χ0v) is 14.9. The third-order valence-corrected chi connectivity index (χ3v) is 5.07. The Hall–Kier alpha value is -1.92. The van der Waals surface area contributed by atoms with Crippen LogP contribution in [0.15, 0.2) is 34.8 Å². The highest BCUT2D eigenvalue weighted by atomic mass is 32.2. The van der Waals surface area contributed by atoms with Gasteiger partial charge in [0, 0.05) is 28.3 Å². The number of nitrogens with two attached hydrogens (primary N) is 1. The summed E-state index contributed by atoms with van der Waals surface area (Å²) in [5.74, 6) is 3.16. The molecule has 2 aromatic heterocycles. The predicted molar refractivity (Wildman–Crippen MR) is 98.1 cm³/mol. The highest BCUT2D eigenvalue weighted by Gasteiger charge is 2.31. The number of anilines is 1. The van der Waals surface area contributed by atoms with Gasteiger partial charge >= 0.3 is 0 Å². The molecule has 0 radical (unpaired) electrons. The van der Waals surface area contributed by atoms with Gasteiger partial charge in [0.15, 0.2) is 0 Å². The van der Waals surface area contributed by atoms with E-state index in [4.69, 9.17) is 10.2 Å². The summed E-state index contributed by atoms with van der Waals surface area (Å²) in [6, 6.07) is 7.87. The average Bonchev–Trinajstić information content (AvgIpc) is 2.97. The number of aromatic nitrogens is 1. The summed E-state index contributed by atoms with van der Waals surface area (Å²) >= 11 is 0. The first-order valence-electron chi connectivity index (χ1n) is 8.02. The lowest BCUT2D eigenvalue weighted by molar-refractivity contribution is 0.429. The maximum Gasteiger partial charge on any atom is 0.127 e. The average molecular weight is 345 g/mol. The van der Waals surface area contributed by atoms with Crippen molar-refractivity contribution in [1.29, 1.82) is 0 Å². The second-order valence-corrected chi connectivity index (χ2v) is 7.84.